The molecule has 11 nitrogen and oxygen atoms in total. The predicted molar refractivity (Wildman–Crippen MR) is 136 cm³/mol. The van der Waals surface area contributed by atoms with Crippen molar-refractivity contribution in [2.24, 2.45) is 0 Å². The predicted octanol–water partition coefficient (Wildman–Crippen LogP) is 4.28. The smallest absolute Gasteiger partial charge is 0.342 e. The summed E-state index contributed by atoms with van der Waals surface area (Å²) in [6.45, 7) is 3.05. The van der Waals surface area contributed by atoms with Crippen LogP contribution in [0.2, 0.25) is 5.02 Å². The molecule has 0 aliphatic carbocycles. The minimum absolute atomic E-state index is 0.0211. The molecule has 188 valence electrons. The van der Waals surface area contributed by atoms with Crippen molar-refractivity contribution in [2.45, 2.75) is 5.22 Å². The number of carboxylic acid groups (broad SMARTS) is 1. The molecule has 1 N–H and O–H groups in total. The number of nitrogens with zero attached hydrogens (tertiary/aromatic N) is 5. The second-order valence-corrected chi connectivity index (χ2v) is 9.35. The van der Waals surface area contributed by atoms with Gasteiger partial charge in [-0.15, -0.1) is 10.2 Å². The molecule has 1 aliphatic heterocycles. The van der Waals surface area contributed by atoms with Gasteiger partial charge in [-0.05, 0) is 49.2 Å². The maximum absolute atomic E-state index is 12.1. The van der Waals surface area contributed by atoms with Crippen LogP contribution in [-0.4, -0.2) is 71.4 Å². The maximum atomic E-state index is 12.1. The Kier molecular flexibility index (Phi) is 7.77. The summed E-state index contributed by atoms with van der Waals surface area (Å²) in [4.78, 5) is 27.1. The first-order valence-electron chi connectivity index (χ1n) is 10.8. The van der Waals surface area contributed by atoms with Gasteiger partial charge in [0.1, 0.15) is 10.7 Å². The molecule has 13 heteroatoms. The monoisotopic (exact) mass is 531 g/mol. The molecule has 1 aliphatic rings. The van der Waals surface area contributed by atoms with E-state index in [1.165, 1.54) is 25.3 Å². The number of likely N-dealkylation sites (N-methyl/N-ethyl adjacent to an activating group) is 1. The summed E-state index contributed by atoms with van der Waals surface area (Å²) in [6, 6.07) is 9.34. The zero-order valence-electron chi connectivity index (χ0n) is 19.4. The number of methoxy groups -OCH3 is 1. The molecule has 36 heavy (non-hydrogen) atoms. The van der Waals surface area contributed by atoms with Crippen LogP contribution in [0.5, 0.6) is 5.75 Å². The van der Waals surface area contributed by atoms with E-state index in [4.69, 9.17) is 20.8 Å². The third-order valence-corrected chi connectivity index (χ3v) is 6.65. The van der Waals surface area contributed by atoms with Crippen LogP contribution in [-0.2, 0) is 4.79 Å². The number of aromatic nitrogens is 2. The second kappa shape index (κ2) is 11.0. The van der Waals surface area contributed by atoms with Gasteiger partial charge in [0.15, 0.2) is 0 Å². The van der Waals surface area contributed by atoms with Crippen LogP contribution < -0.4 is 9.64 Å². The highest BCUT2D eigenvalue weighted by Crippen LogP contribution is 2.36. The van der Waals surface area contributed by atoms with Gasteiger partial charge in [-0.3, -0.25) is 10.1 Å². The maximum Gasteiger partial charge on any atom is 0.342 e. The van der Waals surface area contributed by atoms with E-state index < -0.39 is 10.9 Å². The fourth-order valence-electron chi connectivity index (χ4n) is 3.68. The molecule has 0 spiro atoms. The quantitative estimate of drug-likeness (QED) is 0.193. The lowest BCUT2D eigenvalue weighted by Gasteiger charge is -2.34. The van der Waals surface area contributed by atoms with Gasteiger partial charge in [-0.2, -0.15) is 0 Å². The summed E-state index contributed by atoms with van der Waals surface area (Å²) in [7, 11) is 3.51. The summed E-state index contributed by atoms with van der Waals surface area (Å²) >= 11 is 6.82. The summed E-state index contributed by atoms with van der Waals surface area (Å²) < 4.78 is 11.0. The number of hydrogen-bond donors (Lipinski definition) is 1. The first-order chi connectivity index (χ1) is 17.2. The average Bonchev–Trinajstić information content (AvgIpc) is 3.32. The topological polar surface area (TPSA) is 135 Å². The molecule has 1 aromatic heterocycles. The Labute approximate surface area is 215 Å². The molecule has 0 bridgehead atoms. The van der Waals surface area contributed by atoms with Crippen molar-refractivity contribution in [3.05, 3.63) is 62.0 Å². The van der Waals surface area contributed by atoms with Crippen LogP contribution in [0, 0.1) is 10.1 Å². The van der Waals surface area contributed by atoms with Gasteiger partial charge in [-0.25, -0.2) is 4.79 Å². The molecular formula is C23H22ClN5O6S. The van der Waals surface area contributed by atoms with E-state index in [0.29, 0.717) is 40.7 Å². The first kappa shape index (κ1) is 25.5. The van der Waals surface area contributed by atoms with Crippen LogP contribution in [0.3, 0.4) is 0 Å². The molecule has 0 atom stereocenters. The zero-order valence-corrected chi connectivity index (χ0v) is 21.0. The van der Waals surface area contributed by atoms with Gasteiger partial charge >= 0.3 is 5.97 Å². The van der Waals surface area contributed by atoms with Gasteiger partial charge in [0.2, 0.25) is 0 Å². The Morgan fingerprint density at radius 3 is 2.64 bits per heavy atom. The van der Waals surface area contributed by atoms with Gasteiger partial charge in [0.05, 0.1) is 17.6 Å². The SMILES string of the molecule is COc1ccc(Cl)cc1-c1nnc(S/C(=C/c2cc([N+](=O)[O-])ccc2N2CCN(C)CC2)C(=O)O)o1. The van der Waals surface area contributed by atoms with E-state index in [2.05, 4.69) is 20.0 Å². The van der Waals surface area contributed by atoms with Crippen molar-refractivity contribution in [2.75, 3.05) is 45.2 Å². The lowest BCUT2D eigenvalue weighted by molar-refractivity contribution is -0.384. The fraction of sp³-hybridized carbons (Fsp3) is 0.261. The van der Waals surface area contributed by atoms with Gasteiger partial charge in [-0.1, -0.05) is 11.6 Å². The lowest BCUT2D eigenvalue weighted by Crippen LogP contribution is -2.44. The third kappa shape index (κ3) is 5.78. The highest BCUT2D eigenvalue weighted by molar-refractivity contribution is 8.03. The molecule has 0 unspecified atom stereocenters. The zero-order chi connectivity index (χ0) is 25.8. The van der Waals surface area contributed by atoms with Crippen molar-refractivity contribution in [1.82, 2.24) is 15.1 Å². The number of hydrogen-bond acceptors (Lipinski definition) is 10. The average molecular weight is 532 g/mol. The largest absolute Gasteiger partial charge is 0.496 e. The fourth-order valence-corrected chi connectivity index (χ4v) is 4.52. The molecule has 0 amide bonds. The Morgan fingerprint density at radius 1 is 1.22 bits per heavy atom. The molecule has 2 aromatic carbocycles. The van der Waals surface area contributed by atoms with Crippen molar-refractivity contribution in [3.8, 4) is 17.2 Å². The molecule has 4 rings (SSSR count). The van der Waals surface area contributed by atoms with Crippen LogP contribution in [0.15, 0.2) is 50.9 Å². The first-order valence-corrected chi connectivity index (χ1v) is 12.0. The highest BCUT2D eigenvalue weighted by atomic mass is 35.5. The number of thioether (sulfide) groups is 1. The van der Waals surface area contributed by atoms with Crippen LogP contribution >= 0.6 is 23.4 Å². The van der Waals surface area contributed by atoms with Crippen molar-refractivity contribution < 1.29 is 24.0 Å². The number of rotatable bonds is 8. The lowest BCUT2D eigenvalue weighted by atomic mass is 10.1. The number of nitro groups is 1. The third-order valence-electron chi connectivity index (χ3n) is 5.56. The van der Waals surface area contributed by atoms with E-state index >= 15 is 0 Å². The molecule has 1 saturated heterocycles. The highest BCUT2D eigenvalue weighted by Gasteiger charge is 2.22. The standard InChI is InChI=1S/C23H22ClN5O6S/c1-27-7-9-28(10-8-27)18-5-4-16(29(32)33)11-14(18)12-20(22(30)31)36-23-26-25-21(35-23)17-13-15(24)3-6-19(17)34-2/h3-6,11-13H,7-10H2,1-2H3,(H,30,31)/b20-12+. The van der Waals surface area contributed by atoms with E-state index in [1.807, 2.05) is 7.05 Å². The molecule has 3 aromatic rings. The summed E-state index contributed by atoms with van der Waals surface area (Å²) in [5.41, 5.74) is 1.45. The molecule has 1 fully saturated rings. The molecule has 0 saturated carbocycles. The molecule has 2 heterocycles. The Balaban J connectivity index is 1.68. The molecular weight excluding hydrogens is 510 g/mol. The van der Waals surface area contributed by atoms with Crippen molar-refractivity contribution in [3.63, 3.8) is 0 Å². The van der Waals surface area contributed by atoms with Gasteiger partial charge in [0, 0.05) is 54.6 Å². The normalized spacial score (nSPS) is 14.6. The number of carboxylic acids is 1. The number of nitro benzene ring substituents is 1. The molecule has 0 radical (unpaired) electrons. The summed E-state index contributed by atoms with van der Waals surface area (Å²) in [5.74, 6) is -0.673. The Morgan fingerprint density at radius 2 is 1.97 bits per heavy atom. The Hall–Kier alpha value is -3.61. The minimum atomic E-state index is -1.24. The number of carbonyl (C=O) groups is 1. The number of aliphatic carboxylic acids is 1. The number of ether oxygens (including phenoxy) is 1. The Bertz CT molecular complexity index is 1320. The van der Waals surface area contributed by atoms with E-state index in [1.54, 1.807) is 24.3 Å². The number of benzene rings is 2. The van der Waals surface area contributed by atoms with Crippen molar-refractivity contribution in [1.29, 1.82) is 0 Å². The van der Waals surface area contributed by atoms with E-state index in [0.717, 1.165) is 24.9 Å². The minimum Gasteiger partial charge on any atom is -0.496 e. The number of anilines is 1. The summed E-state index contributed by atoms with van der Waals surface area (Å²) in [6.07, 6.45) is 1.39. The van der Waals surface area contributed by atoms with Crippen LogP contribution in [0.25, 0.3) is 17.5 Å². The number of halogens is 1. The van der Waals surface area contributed by atoms with E-state index in [9.17, 15) is 20.0 Å². The van der Waals surface area contributed by atoms with Gasteiger partial charge in [0.25, 0.3) is 16.8 Å². The van der Waals surface area contributed by atoms with E-state index in [-0.39, 0.29) is 21.7 Å². The second-order valence-electron chi connectivity index (χ2n) is 7.92. The van der Waals surface area contributed by atoms with Crippen LogP contribution in [0.4, 0.5) is 11.4 Å². The van der Waals surface area contributed by atoms with Crippen LogP contribution in [0.1, 0.15) is 5.56 Å². The number of piperazine rings is 1. The van der Waals surface area contributed by atoms with Gasteiger partial charge < -0.3 is 24.1 Å². The summed E-state index contributed by atoms with van der Waals surface area (Å²) in [5, 5.41) is 29.6. The van der Waals surface area contributed by atoms with Crippen molar-refractivity contribution >= 4 is 46.8 Å². The number of non-ortho nitro benzene ring substituents is 1.